The third kappa shape index (κ3) is 5.52. The molecule has 88 valence electrons. The van der Waals surface area contributed by atoms with Crippen LogP contribution < -0.4 is 0 Å². The van der Waals surface area contributed by atoms with Crippen molar-refractivity contribution < 1.29 is 19.4 Å². The highest BCUT2D eigenvalue weighted by Crippen LogP contribution is 2.16. The summed E-state index contributed by atoms with van der Waals surface area (Å²) in [6.45, 7) is 5.30. The molecule has 4 nitrogen and oxygen atoms in total. The topological polar surface area (TPSA) is 63.6 Å². The molecule has 0 spiro atoms. The molecule has 0 aliphatic heterocycles. The van der Waals surface area contributed by atoms with Crippen LogP contribution in [0.2, 0.25) is 0 Å². The van der Waals surface area contributed by atoms with Crippen molar-refractivity contribution in [1.82, 2.24) is 0 Å². The number of carbonyl (C=O) groups excluding carboxylic acids is 2. The van der Waals surface area contributed by atoms with Gasteiger partial charge in [-0.05, 0) is 20.3 Å². The van der Waals surface area contributed by atoms with Crippen LogP contribution in [0, 0.1) is 5.92 Å². The van der Waals surface area contributed by atoms with Crippen molar-refractivity contribution in [3.8, 4) is 0 Å². The molecule has 2 unspecified atom stereocenters. The SMILES string of the molecule is CCCC(O)C(CC(C)=O)C(=O)OCC. The fourth-order valence-electron chi connectivity index (χ4n) is 1.43. The fraction of sp³-hybridized carbons (Fsp3) is 0.818. The molecular formula is C11H20O4. The maximum Gasteiger partial charge on any atom is 0.312 e. The molecule has 2 atom stereocenters. The van der Waals surface area contributed by atoms with Crippen LogP contribution in [0.4, 0.5) is 0 Å². The molecule has 0 aliphatic carbocycles. The van der Waals surface area contributed by atoms with Gasteiger partial charge in [0, 0.05) is 6.42 Å². The zero-order valence-electron chi connectivity index (χ0n) is 9.66. The molecular weight excluding hydrogens is 196 g/mol. The van der Waals surface area contributed by atoms with Crippen LogP contribution in [0.3, 0.4) is 0 Å². The lowest BCUT2D eigenvalue weighted by Gasteiger charge is -2.19. The van der Waals surface area contributed by atoms with E-state index in [4.69, 9.17) is 4.74 Å². The molecule has 0 heterocycles. The maximum absolute atomic E-state index is 11.5. The number of ketones is 1. The highest BCUT2D eigenvalue weighted by atomic mass is 16.5. The van der Waals surface area contributed by atoms with E-state index in [1.165, 1.54) is 6.92 Å². The molecule has 0 aromatic heterocycles. The lowest BCUT2D eigenvalue weighted by Crippen LogP contribution is -2.31. The average Bonchev–Trinajstić information content (AvgIpc) is 2.14. The number of carbonyl (C=O) groups is 2. The Morgan fingerprint density at radius 3 is 2.33 bits per heavy atom. The van der Waals surface area contributed by atoms with Gasteiger partial charge in [0.1, 0.15) is 5.78 Å². The molecule has 0 saturated heterocycles. The number of rotatable bonds is 7. The minimum absolute atomic E-state index is 0.0556. The van der Waals surface area contributed by atoms with Crippen LogP contribution in [0.25, 0.3) is 0 Å². The Labute approximate surface area is 90.6 Å². The van der Waals surface area contributed by atoms with Crippen LogP contribution >= 0.6 is 0 Å². The summed E-state index contributed by atoms with van der Waals surface area (Å²) in [7, 11) is 0. The van der Waals surface area contributed by atoms with Crippen LogP contribution in [0.15, 0.2) is 0 Å². The Morgan fingerprint density at radius 2 is 1.93 bits per heavy atom. The van der Waals surface area contributed by atoms with Gasteiger partial charge in [-0.25, -0.2) is 0 Å². The number of Topliss-reactive ketones (excluding diaryl/α,β-unsaturated/α-hetero) is 1. The maximum atomic E-state index is 11.5. The Hall–Kier alpha value is -0.900. The number of ether oxygens (including phenoxy) is 1. The first-order chi connectivity index (χ1) is 7.02. The first-order valence-electron chi connectivity index (χ1n) is 5.37. The molecule has 4 heteroatoms. The Bertz CT molecular complexity index is 213. The third-order valence-corrected chi connectivity index (χ3v) is 2.15. The summed E-state index contributed by atoms with van der Waals surface area (Å²) in [5.74, 6) is -1.29. The van der Waals surface area contributed by atoms with Crippen LogP contribution in [-0.4, -0.2) is 29.6 Å². The van der Waals surface area contributed by atoms with Crippen molar-refractivity contribution in [2.24, 2.45) is 5.92 Å². The van der Waals surface area contributed by atoms with E-state index in [0.717, 1.165) is 6.42 Å². The fourth-order valence-corrected chi connectivity index (χ4v) is 1.43. The average molecular weight is 216 g/mol. The summed E-state index contributed by atoms with van der Waals surface area (Å²) in [5.41, 5.74) is 0. The van der Waals surface area contributed by atoms with Gasteiger partial charge in [-0.3, -0.25) is 4.79 Å². The molecule has 1 N–H and O–H groups in total. The predicted molar refractivity (Wildman–Crippen MR) is 56.3 cm³/mol. The summed E-state index contributed by atoms with van der Waals surface area (Å²) >= 11 is 0. The van der Waals surface area contributed by atoms with E-state index in [-0.39, 0.29) is 18.8 Å². The van der Waals surface area contributed by atoms with E-state index >= 15 is 0 Å². The molecule has 0 rings (SSSR count). The molecule has 15 heavy (non-hydrogen) atoms. The molecule has 0 saturated carbocycles. The van der Waals surface area contributed by atoms with E-state index in [1.54, 1.807) is 6.92 Å². The molecule has 0 aliphatic rings. The Balaban J connectivity index is 4.41. The quantitative estimate of drug-likeness (QED) is 0.652. The van der Waals surface area contributed by atoms with Gasteiger partial charge in [0.2, 0.25) is 0 Å². The van der Waals surface area contributed by atoms with E-state index in [9.17, 15) is 14.7 Å². The summed E-state index contributed by atoms with van der Waals surface area (Å²) in [6, 6.07) is 0. The summed E-state index contributed by atoms with van der Waals surface area (Å²) in [4.78, 5) is 22.4. The number of hydrogen-bond acceptors (Lipinski definition) is 4. The van der Waals surface area contributed by atoms with Crippen molar-refractivity contribution in [2.75, 3.05) is 6.61 Å². The largest absolute Gasteiger partial charge is 0.466 e. The van der Waals surface area contributed by atoms with Crippen molar-refractivity contribution in [1.29, 1.82) is 0 Å². The van der Waals surface area contributed by atoms with Gasteiger partial charge in [0.05, 0.1) is 18.6 Å². The molecule has 0 aromatic carbocycles. The molecule has 0 amide bonds. The molecule has 0 radical (unpaired) electrons. The van der Waals surface area contributed by atoms with Gasteiger partial charge in [-0.2, -0.15) is 0 Å². The van der Waals surface area contributed by atoms with Crippen LogP contribution in [-0.2, 0) is 14.3 Å². The number of hydrogen-bond donors (Lipinski definition) is 1. The highest BCUT2D eigenvalue weighted by molar-refractivity contribution is 5.83. The monoisotopic (exact) mass is 216 g/mol. The van der Waals surface area contributed by atoms with Gasteiger partial charge in [0.25, 0.3) is 0 Å². The first-order valence-corrected chi connectivity index (χ1v) is 5.37. The van der Waals surface area contributed by atoms with Gasteiger partial charge in [-0.15, -0.1) is 0 Å². The van der Waals surface area contributed by atoms with E-state index in [0.29, 0.717) is 6.42 Å². The zero-order valence-corrected chi connectivity index (χ0v) is 9.66. The van der Waals surface area contributed by atoms with E-state index in [1.807, 2.05) is 6.92 Å². The van der Waals surface area contributed by atoms with Crippen molar-refractivity contribution in [3.63, 3.8) is 0 Å². The standard InChI is InChI=1S/C11H20O4/c1-4-6-10(13)9(7-8(3)12)11(14)15-5-2/h9-10,13H,4-7H2,1-3H3. The molecule has 0 aromatic rings. The Kier molecular flexibility index (Phi) is 6.96. The summed E-state index contributed by atoms with van der Waals surface area (Å²) in [6.07, 6.45) is 0.559. The van der Waals surface area contributed by atoms with Crippen molar-refractivity contribution in [2.45, 2.75) is 46.1 Å². The summed E-state index contributed by atoms with van der Waals surface area (Å²) in [5, 5.41) is 9.70. The van der Waals surface area contributed by atoms with Gasteiger partial charge in [-0.1, -0.05) is 13.3 Å². The minimum atomic E-state index is -0.780. The van der Waals surface area contributed by atoms with E-state index in [2.05, 4.69) is 0 Å². The van der Waals surface area contributed by atoms with Gasteiger partial charge >= 0.3 is 5.97 Å². The third-order valence-electron chi connectivity index (χ3n) is 2.15. The number of aliphatic hydroxyl groups excluding tert-OH is 1. The number of aliphatic hydroxyl groups is 1. The minimum Gasteiger partial charge on any atom is -0.466 e. The highest BCUT2D eigenvalue weighted by Gasteiger charge is 2.28. The van der Waals surface area contributed by atoms with Crippen LogP contribution in [0.5, 0.6) is 0 Å². The zero-order chi connectivity index (χ0) is 11.8. The van der Waals surface area contributed by atoms with E-state index < -0.39 is 18.0 Å². The molecule has 0 bridgehead atoms. The van der Waals surface area contributed by atoms with Gasteiger partial charge in [0.15, 0.2) is 0 Å². The van der Waals surface area contributed by atoms with Crippen molar-refractivity contribution >= 4 is 11.8 Å². The van der Waals surface area contributed by atoms with Gasteiger partial charge < -0.3 is 14.6 Å². The number of esters is 1. The predicted octanol–water partition coefficient (Wildman–Crippen LogP) is 1.31. The smallest absolute Gasteiger partial charge is 0.312 e. The van der Waals surface area contributed by atoms with Crippen molar-refractivity contribution in [3.05, 3.63) is 0 Å². The second kappa shape index (κ2) is 7.40. The second-order valence-electron chi connectivity index (χ2n) is 3.62. The van der Waals surface area contributed by atoms with Crippen LogP contribution in [0.1, 0.15) is 40.0 Å². The first kappa shape index (κ1) is 14.1. The molecule has 0 fully saturated rings. The second-order valence-corrected chi connectivity index (χ2v) is 3.62. The lowest BCUT2D eigenvalue weighted by atomic mass is 9.94. The normalized spacial score (nSPS) is 14.4. The Morgan fingerprint density at radius 1 is 1.33 bits per heavy atom. The lowest BCUT2D eigenvalue weighted by molar-refractivity contribution is -0.154. The summed E-state index contributed by atoms with van der Waals surface area (Å²) < 4.78 is 4.82.